The molecule has 0 aliphatic carbocycles. The molecule has 9 heteroatoms. The molecule has 1 fully saturated rings. The van der Waals surface area contributed by atoms with Crippen LogP contribution in [0.1, 0.15) is 37.4 Å². The highest BCUT2D eigenvalue weighted by molar-refractivity contribution is 5.57. The summed E-state index contributed by atoms with van der Waals surface area (Å²) in [5.74, 6) is -0.364. The number of aryl methyl sites for hydroxylation is 1. The molecule has 0 bridgehead atoms. The average molecular weight is 411 g/mol. The van der Waals surface area contributed by atoms with Gasteiger partial charge in [0.15, 0.2) is 0 Å². The summed E-state index contributed by atoms with van der Waals surface area (Å²) in [4.78, 5) is 11.1. The fourth-order valence-corrected chi connectivity index (χ4v) is 3.46. The average Bonchev–Trinajstić information content (AvgIpc) is 2.69. The van der Waals surface area contributed by atoms with Crippen molar-refractivity contribution in [2.45, 2.75) is 44.8 Å². The molecule has 2 aromatic rings. The highest BCUT2D eigenvalue weighted by Gasteiger charge is 2.34. The van der Waals surface area contributed by atoms with E-state index in [1.54, 1.807) is 0 Å². The third-order valence-electron chi connectivity index (χ3n) is 4.95. The molecule has 2 N–H and O–H groups in total. The molecule has 1 saturated heterocycles. The van der Waals surface area contributed by atoms with E-state index in [4.69, 9.17) is 0 Å². The molecule has 1 aliphatic heterocycles. The molecule has 29 heavy (non-hydrogen) atoms. The third kappa shape index (κ3) is 5.35. The number of rotatable bonds is 6. The van der Waals surface area contributed by atoms with Crippen LogP contribution in [0.4, 0.5) is 35.0 Å². The lowest BCUT2D eigenvalue weighted by Gasteiger charge is -2.33. The van der Waals surface area contributed by atoms with E-state index in [9.17, 15) is 17.6 Å². The van der Waals surface area contributed by atoms with Gasteiger partial charge >= 0.3 is 6.18 Å². The van der Waals surface area contributed by atoms with Crippen LogP contribution in [0.5, 0.6) is 0 Å². The van der Waals surface area contributed by atoms with Crippen LogP contribution < -0.4 is 15.5 Å². The Labute approximate surface area is 167 Å². The van der Waals surface area contributed by atoms with E-state index >= 15 is 0 Å². The second-order valence-electron chi connectivity index (χ2n) is 7.18. The lowest BCUT2D eigenvalue weighted by molar-refractivity contribution is -0.139. The summed E-state index contributed by atoms with van der Waals surface area (Å²) >= 11 is 0. The quantitative estimate of drug-likeness (QED) is 0.685. The van der Waals surface area contributed by atoms with E-state index < -0.39 is 17.6 Å². The summed E-state index contributed by atoms with van der Waals surface area (Å²) in [7, 11) is 1.93. The summed E-state index contributed by atoms with van der Waals surface area (Å²) in [6.07, 6.45) is -1.06. The Morgan fingerprint density at radius 2 is 2.00 bits per heavy atom. The van der Waals surface area contributed by atoms with Crippen LogP contribution in [0.3, 0.4) is 0 Å². The SMILES string of the molecule is CCCc1cc(N2CCC[C@@H](NC)C2)nc(Nc2ccc(F)c(C(F)(F)F)c2)n1. The van der Waals surface area contributed by atoms with E-state index in [-0.39, 0.29) is 11.6 Å². The number of hydrogen-bond acceptors (Lipinski definition) is 5. The second kappa shape index (κ2) is 8.94. The Bertz CT molecular complexity index is 840. The molecule has 0 saturated carbocycles. The Hall–Kier alpha value is -2.42. The minimum absolute atomic E-state index is 0.0880. The van der Waals surface area contributed by atoms with Crippen molar-refractivity contribution in [3.8, 4) is 0 Å². The summed E-state index contributed by atoms with van der Waals surface area (Å²) in [6, 6.07) is 5.07. The largest absolute Gasteiger partial charge is 0.419 e. The number of hydrogen-bond donors (Lipinski definition) is 2. The molecule has 1 aromatic carbocycles. The number of piperidine rings is 1. The predicted octanol–water partition coefficient (Wildman–Crippen LogP) is 4.52. The smallest absolute Gasteiger partial charge is 0.355 e. The van der Waals surface area contributed by atoms with Crippen LogP contribution in [0.25, 0.3) is 0 Å². The maximum atomic E-state index is 13.6. The topological polar surface area (TPSA) is 53.1 Å². The molecule has 0 unspecified atom stereocenters. The standard InChI is InChI=1S/C20H25F4N5/c1-3-5-13-11-18(29-9-4-6-15(12-29)25-2)28-19(26-13)27-14-7-8-17(21)16(10-14)20(22,23)24/h7-8,10-11,15,25H,3-6,9,12H2,1-2H3,(H,26,27,28)/t15-/m1/s1. The number of anilines is 3. The molecular formula is C20H25F4N5. The van der Waals surface area contributed by atoms with Crippen molar-refractivity contribution < 1.29 is 17.6 Å². The Morgan fingerprint density at radius 1 is 1.21 bits per heavy atom. The number of benzene rings is 1. The molecule has 2 heterocycles. The van der Waals surface area contributed by atoms with Crippen molar-refractivity contribution in [2.24, 2.45) is 0 Å². The zero-order valence-electron chi connectivity index (χ0n) is 16.5. The highest BCUT2D eigenvalue weighted by Crippen LogP contribution is 2.33. The van der Waals surface area contributed by atoms with Gasteiger partial charge in [-0.25, -0.2) is 9.37 Å². The van der Waals surface area contributed by atoms with Gasteiger partial charge in [0.1, 0.15) is 11.6 Å². The predicted molar refractivity (Wildman–Crippen MR) is 105 cm³/mol. The maximum Gasteiger partial charge on any atom is 0.419 e. The van der Waals surface area contributed by atoms with Crippen molar-refractivity contribution >= 4 is 17.5 Å². The first-order valence-corrected chi connectivity index (χ1v) is 9.74. The van der Waals surface area contributed by atoms with Gasteiger partial charge in [-0.3, -0.25) is 0 Å². The van der Waals surface area contributed by atoms with Gasteiger partial charge in [-0.2, -0.15) is 18.2 Å². The summed E-state index contributed by atoms with van der Waals surface area (Å²) < 4.78 is 52.5. The molecule has 0 amide bonds. The van der Waals surface area contributed by atoms with Crippen molar-refractivity contribution in [3.05, 3.63) is 41.3 Å². The minimum Gasteiger partial charge on any atom is -0.355 e. The molecule has 158 valence electrons. The number of likely N-dealkylation sites (N-methyl/N-ethyl adjacent to an activating group) is 1. The summed E-state index contributed by atoms with van der Waals surface area (Å²) in [6.45, 7) is 3.69. The van der Waals surface area contributed by atoms with Crippen molar-refractivity contribution in [1.29, 1.82) is 0 Å². The van der Waals surface area contributed by atoms with Gasteiger partial charge < -0.3 is 15.5 Å². The molecule has 3 rings (SSSR count). The minimum atomic E-state index is -4.77. The summed E-state index contributed by atoms with van der Waals surface area (Å²) in [5.41, 5.74) is -0.421. The first-order chi connectivity index (χ1) is 13.8. The first kappa shape index (κ1) is 21.3. The summed E-state index contributed by atoms with van der Waals surface area (Å²) in [5, 5.41) is 6.10. The fourth-order valence-electron chi connectivity index (χ4n) is 3.46. The molecule has 5 nitrogen and oxygen atoms in total. The Balaban J connectivity index is 1.90. The van der Waals surface area contributed by atoms with Crippen LogP contribution in [-0.4, -0.2) is 36.1 Å². The lowest BCUT2D eigenvalue weighted by Crippen LogP contribution is -2.44. The number of alkyl halides is 3. The number of nitrogens with one attached hydrogen (secondary N) is 2. The first-order valence-electron chi connectivity index (χ1n) is 9.74. The van der Waals surface area contributed by atoms with Gasteiger partial charge in [0.25, 0.3) is 0 Å². The highest BCUT2D eigenvalue weighted by atomic mass is 19.4. The second-order valence-corrected chi connectivity index (χ2v) is 7.18. The molecule has 1 aliphatic rings. The van der Waals surface area contributed by atoms with Crippen LogP contribution >= 0.6 is 0 Å². The third-order valence-corrected chi connectivity index (χ3v) is 4.95. The molecule has 1 aromatic heterocycles. The molecule has 1 atom stereocenters. The van der Waals surface area contributed by atoms with Crippen molar-refractivity contribution in [2.75, 3.05) is 30.4 Å². The molecule has 0 radical (unpaired) electrons. The number of aromatic nitrogens is 2. The molecule has 0 spiro atoms. The normalized spacial score (nSPS) is 17.4. The van der Waals surface area contributed by atoms with Gasteiger partial charge in [0, 0.05) is 36.6 Å². The van der Waals surface area contributed by atoms with Gasteiger partial charge in [-0.15, -0.1) is 0 Å². The zero-order chi connectivity index (χ0) is 21.0. The van der Waals surface area contributed by atoms with Crippen molar-refractivity contribution in [1.82, 2.24) is 15.3 Å². The van der Waals surface area contributed by atoms with E-state index in [1.807, 2.05) is 20.0 Å². The Kier molecular flexibility index (Phi) is 6.56. The fraction of sp³-hybridized carbons (Fsp3) is 0.500. The van der Waals surface area contributed by atoms with Gasteiger partial charge in [-0.1, -0.05) is 13.3 Å². The van der Waals surface area contributed by atoms with Crippen molar-refractivity contribution in [3.63, 3.8) is 0 Å². The van der Waals surface area contributed by atoms with Crippen LogP contribution in [0.15, 0.2) is 24.3 Å². The maximum absolute atomic E-state index is 13.6. The number of nitrogens with zero attached hydrogens (tertiary/aromatic N) is 3. The monoisotopic (exact) mass is 411 g/mol. The van der Waals surface area contributed by atoms with Crippen LogP contribution in [0.2, 0.25) is 0 Å². The Morgan fingerprint density at radius 3 is 2.69 bits per heavy atom. The van der Waals surface area contributed by atoms with Gasteiger partial charge in [0.05, 0.1) is 5.56 Å². The van der Waals surface area contributed by atoms with E-state index in [0.717, 1.165) is 62.4 Å². The van der Waals surface area contributed by atoms with Gasteiger partial charge in [-0.05, 0) is 44.5 Å². The number of halogens is 4. The van der Waals surface area contributed by atoms with E-state index in [2.05, 4.69) is 25.5 Å². The van der Waals surface area contributed by atoms with E-state index in [1.165, 1.54) is 6.07 Å². The lowest BCUT2D eigenvalue weighted by atomic mass is 10.1. The van der Waals surface area contributed by atoms with Crippen LogP contribution in [0, 0.1) is 5.82 Å². The van der Waals surface area contributed by atoms with E-state index in [0.29, 0.717) is 6.04 Å². The zero-order valence-corrected chi connectivity index (χ0v) is 16.5. The molecular weight excluding hydrogens is 386 g/mol. The van der Waals surface area contributed by atoms with Crippen LogP contribution in [-0.2, 0) is 12.6 Å². The van der Waals surface area contributed by atoms with Gasteiger partial charge in [0.2, 0.25) is 5.95 Å².